The van der Waals surface area contributed by atoms with Gasteiger partial charge in [0.05, 0.1) is 12.1 Å². The van der Waals surface area contributed by atoms with Crippen LogP contribution in [0.5, 0.6) is 0 Å². The Kier molecular flexibility index (Phi) is 2.46. The SMILES string of the molecule is C[C@@H](O)[C@H]1O[C@@H](O)[C@H](N)[C@@H]1O. The molecule has 0 spiro atoms. The molecule has 1 heterocycles. The van der Waals surface area contributed by atoms with Crippen LogP contribution in [0.25, 0.3) is 0 Å². The quantitative estimate of drug-likeness (QED) is 0.351. The lowest BCUT2D eigenvalue weighted by Crippen LogP contribution is -2.42. The summed E-state index contributed by atoms with van der Waals surface area (Å²) in [7, 11) is 0. The first-order valence-corrected chi connectivity index (χ1v) is 3.49. The van der Waals surface area contributed by atoms with Gasteiger partial charge in [-0.2, -0.15) is 0 Å². The van der Waals surface area contributed by atoms with E-state index in [-0.39, 0.29) is 0 Å². The molecule has 0 radical (unpaired) electrons. The van der Waals surface area contributed by atoms with E-state index in [4.69, 9.17) is 20.7 Å². The van der Waals surface area contributed by atoms with Crippen LogP contribution in [0.3, 0.4) is 0 Å². The Labute approximate surface area is 64.4 Å². The summed E-state index contributed by atoms with van der Waals surface area (Å²) in [6.45, 7) is 1.47. The summed E-state index contributed by atoms with van der Waals surface area (Å²) >= 11 is 0. The number of ether oxygens (including phenoxy) is 1. The second kappa shape index (κ2) is 3.04. The molecule has 1 aliphatic rings. The Morgan fingerprint density at radius 3 is 2.18 bits per heavy atom. The highest BCUT2D eigenvalue weighted by atomic mass is 16.6. The summed E-state index contributed by atoms with van der Waals surface area (Å²) in [4.78, 5) is 0. The first-order chi connectivity index (χ1) is 5.04. The number of aliphatic hydroxyl groups is 3. The van der Waals surface area contributed by atoms with Gasteiger partial charge in [0.2, 0.25) is 0 Å². The minimum absolute atomic E-state index is 0.778. The van der Waals surface area contributed by atoms with Crippen LogP contribution in [0, 0.1) is 0 Å². The lowest BCUT2D eigenvalue weighted by molar-refractivity contribution is -0.127. The molecule has 1 rings (SSSR count). The summed E-state index contributed by atoms with van der Waals surface area (Å²) in [5.74, 6) is 0. The molecule has 0 unspecified atom stereocenters. The second-order valence-corrected chi connectivity index (χ2v) is 2.80. The van der Waals surface area contributed by atoms with Gasteiger partial charge >= 0.3 is 0 Å². The van der Waals surface area contributed by atoms with Crippen LogP contribution in [0.1, 0.15) is 6.92 Å². The molecule has 0 aromatic carbocycles. The molecule has 5 N–H and O–H groups in total. The maximum absolute atomic E-state index is 9.23. The van der Waals surface area contributed by atoms with E-state index in [9.17, 15) is 5.11 Å². The third-order valence-electron chi connectivity index (χ3n) is 1.83. The van der Waals surface area contributed by atoms with Crippen LogP contribution in [0.15, 0.2) is 0 Å². The van der Waals surface area contributed by atoms with Gasteiger partial charge in [-0.05, 0) is 6.92 Å². The van der Waals surface area contributed by atoms with Gasteiger partial charge in [0.15, 0.2) is 6.29 Å². The van der Waals surface area contributed by atoms with Crippen molar-refractivity contribution in [3.63, 3.8) is 0 Å². The number of hydrogen-bond acceptors (Lipinski definition) is 5. The zero-order valence-electron chi connectivity index (χ0n) is 6.21. The summed E-state index contributed by atoms with van der Waals surface area (Å²) in [6, 6.07) is -0.824. The zero-order chi connectivity index (χ0) is 8.59. The van der Waals surface area contributed by atoms with E-state index >= 15 is 0 Å². The molecule has 0 aliphatic carbocycles. The van der Waals surface area contributed by atoms with Crippen molar-refractivity contribution >= 4 is 0 Å². The smallest absolute Gasteiger partial charge is 0.173 e. The highest BCUT2D eigenvalue weighted by Gasteiger charge is 2.42. The number of nitrogens with two attached hydrogens (primary N) is 1. The summed E-state index contributed by atoms with van der Waals surface area (Å²) in [6.07, 6.45) is -3.78. The molecule has 0 saturated carbocycles. The monoisotopic (exact) mass is 163 g/mol. The van der Waals surface area contributed by atoms with Crippen molar-refractivity contribution in [3.05, 3.63) is 0 Å². The highest BCUT2D eigenvalue weighted by molar-refractivity contribution is 4.91. The molecular weight excluding hydrogens is 150 g/mol. The van der Waals surface area contributed by atoms with Crippen LogP contribution in [0.4, 0.5) is 0 Å². The molecule has 5 heteroatoms. The predicted octanol–water partition coefficient (Wildman–Crippen LogP) is -2.23. The van der Waals surface area contributed by atoms with E-state index in [1.165, 1.54) is 6.92 Å². The Hall–Kier alpha value is -0.200. The van der Waals surface area contributed by atoms with Gasteiger partial charge in [0.25, 0.3) is 0 Å². The molecule has 0 aromatic heterocycles. The molecule has 66 valence electrons. The summed E-state index contributed by atoms with van der Waals surface area (Å²) in [5.41, 5.74) is 5.31. The lowest BCUT2D eigenvalue weighted by atomic mass is 10.1. The van der Waals surface area contributed by atoms with Crippen molar-refractivity contribution in [2.45, 2.75) is 37.6 Å². The molecule has 1 aliphatic heterocycles. The van der Waals surface area contributed by atoms with Gasteiger partial charge in [0, 0.05) is 0 Å². The summed E-state index contributed by atoms with van der Waals surface area (Å²) < 4.78 is 4.78. The predicted molar refractivity (Wildman–Crippen MR) is 36.5 cm³/mol. The molecular formula is C6H13NO4. The van der Waals surface area contributed by atoms with E-state index in [2.05, 4.69) is 0 Å². The van der Waals surface area contributed by atoms with Crippen molar-refractivity contribution in [2.24, 2.45) is 5.73 Å². The van der Waals surface area contributed by atoms with Crippen molar-refractivity contribution in [3.8, 4) is 0 Å². The zero-order valence-corrected chi connectivity index (χ0v) is 6.21. The van der Waals surface area contributed by atoms with E-state index < -0.39 is 30.6 Å². The number of rotatable bonds is 1. The maximum atomic E-state index is 9.23. The van der Waals surface area contributed by atoms with Gasteiger partial charge in [-0.15, -0.1) is 0 Å². The highest BCUT2D eigenvalue weighted by Crippen LogP contribution is 2.20. The van der Waals surface area contributed by atoms with E-state index in [1.54, 1.807) is 0 Å². The van der Waals surface area contributed by atoms with Crippen molar-refractivity contribution in [1.82, 2.24) is 0 Å². The van der Waals surface area contributed by atoms with Crippen LogP contribution in [0.2, 0.25) is 0 Å². The van der Waals surface area contributed by atoms with Gasteiger partial charge in [0.1, 0.15) is 12.2 Å². The fourth-order valence-electron chi connectivity index (χ4n) is 1.12. The van der Waals surface area contributed by atoms with Crippen LogP contribution in [-0.4, -0.2) is 46.0 Å². The fraction of sp³-hybridized carbons (Fsp3) is 1.00. The van der Waals surface area contributed by atoms with Crippen LogP contribution in [-0.2, 0) is 4.74 Å². The molecule has 11 heavy (non-hydrogen) atoms. The molecule has 5 atom stereocenters. The average molecular weight is 163 g/mol. The first kappa shape index (κ1) is 8.89. The molecule has 5 nitrogen and oxygen atoms in total. The standard InChI is InChI=1S/C6H13NO4/c1-2(8)5-4(9)3(7)6(10)11-5/h2-6,8-10H,7H2,1H3/t2-,3-,4+,5-,6-/m1/s1. The van der Waals surface area contributed by atoms with E-state index in [0.29, 0.717) is 0 Å². The third kappa shape index (κ3) is 1.52. The van der Waals surface area contributed by atoms with Gasteiger partial charge in [-0.1, -0.05) is 0 Å². The topological polar surface area (TPSA) is 95.9 Å². The molecule has 1 saturated heterocycles. The fourth-order valence-corrected chi connectivity index (χ4v) is 1.12. The Bertz CT molecular complexity index is 141. The average Bonchev–Trinajstić information content (AvgIpc) is 2.17. The first-order valence-electron chi connectivity index (χ1n) is 3.49. The molecule has 0 amide bonds. The van der Waals surface area contributed by atoms with Gasteiger partial charge in [-0.25, -0.2) is 0 Å². The van der Waals surface area contributed by atoms with Crippen LogP contribution >= 0.6 is 0 Å². The molecule has 0 aromatic rings. The van der Waals surface area contributed by atoms with Crippen molar-refractivity contribution in [1.29, 1.82) is 0 Å². The van der Waals surface area contributed by atoms with E-state index in [1.807, 2.05) is 0 Å². The second-order valence-electron chi connectivity index (χ2n) is 2.80. The van der Waals surface area contributed by atoms with Gasteiger partial charge < -0.3 is 25.8 Å². The van der Waals surface area contributed by atoms with E-state index in [0.717, 1.165) is 0 Å². The lowest BCUT2D eigenvalue weighted by Gasteiger charge is -2.16. The van der Waals surface area contributed by atoms with Crippen molar-refractivity contribution < 1.29 is 20.1 Å². The number of hydrogen-bond donors (Lipinski definition) is 4. The molecule has 1 fully saturated rings. The Balaban J connectivity index is 2.59. The number of aliphatic hydroxyl groups excluding tert-OH is 3. The van der Waals surface area contributed by atoms with Crippen LogP contribution < -0.4 is 5.73 Å². The van der Waals surface area contributed by atoms with Gasteiger partial charge in [-0.3, -0.25) is 0 Å². The maximum Gasteiger partial charge on any atom is 0.173 e. The largest absolute Gasteiger partial charge is 0.391 e. The Morgan fingerprint density at radius 2 is 2.00 bits per heavy atom. The molecule has 0 bridgehead atoms. The third-order valence-corrected chi connectivity index (χ3v) is 1.83. The Morgan fingerprint density at radius 1 is 1.45 bits per heavy atom. The summed E-state index contributed by atoms with van der Waals surface area (Å²) in [5, 5.41) is 27.2. The van der Waals surface area contributed by atoms with Crippen molar-refractivity contribution in [2.75, 3.05) is 0 Å². The minimum Gasteiger partial charge on any atom is -0.391 e. The normalized spacial score (nSPS) is 47.7. The minimum atomic E-state index is -1.18.